The summed E-state index contributed by atoms with van der Waals surface area (Å²) in [5.41, 5.74) is 18.0. The quantitative estimate of drug-likeness (QED) is 0.170. The van der Waals surface area contributed by atoms with Crippen LogP contribution in [0.3, 0.4) is 0 Å². The van der Waals surface area contributed by atoms with Crippen molar-refractivity contribution >= 4 is 11.1 Å². The molecular weight excluding hydrogens is 715 g/mol. The molecule has 3 unspecified atom stereocenters. The van der Waals surface area contributed by atoms with Crippen LogP contribution in [0, 0.1) is 5.92 Å². The molecule has 0 bridgehead atoms. The highest BCUT2D eigenvalue weighted by Crippen LogP contribution is 2.48. The number of hydrogen-bond donors (Lipinski definition) is 0. The molecule has 0 spiro atoms. The SMILES string of the molecule is C1=C(c2ccc3c(c2)-c2ccccc2C(c2cccc(-c4nc(-c5ccccc5)nc(-c5ccccc5)n4)c2)C3)C=C2c3ccccc3C(c3ccccc3)CCC2C1. The van der Waals surface area contributed by atoms with Gasteiger partial charge in [0.2, 0.25) is 0 Å². The molecule has 0 N–H and O–H groups in total. The Kier molecular flexibility index (Phi) is 9.00. The number of allylic oxidation sites excluding steroid dienone is 4. The van der Waals surface area contributed by atoms with Gasteiger partial charge in [-0.2, -0.15) is 0 Å². The second kappa shape index (κ2) is 15.1. The third-order valence-corrected chi connectivity index (χ3v) is 12.8. The molecule has 0 saturated carbocycles. The minimum absolute atomic E-state index is 0.199. The van der Waals surface area contributed by atoms with Crippen molar-refractivity contribution in [3.05, 3.63) is 233 Å². The molecule has 0 amide bonds. The van der Waals surface area contributed by atoms with Gasteiger partial charge in [-0.1, -0.05) is 182 Å². The van der Waals surface area contributed by atoms with Crippen LogP contribution in [-0.2, 0) is 6.42 Å². The monoisotopic (exact) mass is 757 g/mol. The Morgan fingerprint density at radius 1 is 0.407 bits per heavy atom. The lowest BCUT2D eigenvalue weighted by Gasteiger charge is -2.29. The van der Waals surface area contributed by atoms with Gasteiger partial charge < -0.3 is 0 Å². The molecule has 0 aliphatic heterocycles. The molecule has 1 aromatic heterocycles. The average Bonchev–Trinajstić information content (AvgIpc) is 3.48. The first kappa shape index (κ1) is 35.2. The highest BCUT2D eigenvalue weighted by atomic mass is 15.0. The number of benzene rings is 7. The van der Waals surface area contributed by atoms with Crippen molar-refractivity contribution in [1.29, 1.82) is 0 Å². The number of fused-ring (bicyclic) bond motifs is 6. The molecule has 3 aliphatic carbocycles. The van der Waals surface area contributed by atoms with Crippen LogP contribution in [0.15, 0.2) is 194 Å². The van der Waals surface area contributed by atoms with Crippen molar-refractivity contribution in [2.75, 3.05) is 0 Å². The molecule has 3 aliphatic rings. The van der Waals surface area contributed by atoms with E-state index in [9.17, 15) is 0 Å². The normalized spacial score (nSPS) is 17.9. The van der Waals surface area contributed by atoms with E-state index < -0.39 is 0 Å². The molecule has 0 fully saturated rings. The van der Waals surface area contributed by atoms with Crippen molar-refractivity contribution in [2.24, 2.45) is 5.92 Å². The molecule has 282 valence electrons. The average molecular weight is 758 g/mol. The van der Waals surface area contributed by atoms with E-state index in [0.29, 0.717) is 29.3 Å². The van der Waals surface area contributed by atoms with Gasteiger partial charge in [0, 0.05) is 28.5 Å². The van der Waals surface area contributed by atoms with Gasteiger partial charge in [-0.05, 0) is 105 Å². The maximum absolute atomic E-state index is 5.05. The molecule has 59 heavy (non-hydrogen) atoms. The van der Waals surface area contributed by atoms with E-state index in [0.717, 1.165) is 29.5 Å². The fourth-order valence-corrected chi connectivity index (χ4v) is 9.82. The Morgan fingerprint density at radius 3 is 1.69 bits per heavy atom. The summed E-state index contributed by atoms with van der Waals surface area (Å²) in [6, 6.07) is 65.7. The van der Waals surface area contributed by atoms with Crippen LogP contribution in [0.5, 0.6) is 0 Å². The third-order valence-electron chi connectivity index (χ3n) is 12.8. The summed E-state index contributed by atoms with van der Waals surface area (Å²) in [6.45, 7) is 0. The zero-order chi connectivity index (χ0) is 39.1. The summed E-state index contributed by atoms with van der Waals surface area (Å²) < 4.78 is 0. The van der Waals surface area contributed by atoms with Crippen molar-refractivity contribution in [2.45, 2.75) is 37.5 Å². The molecule has 8 aromatic rings. The van der Waals surface area contributed by atoms with Crippen LogP contribution in [0.4, 0.5) is 0 Å². The van der Waals surface area contributed by atoms with Gasteiger partial charge in [-0.15, -0.1) is 0 Å². The summed E-state index contributed by atoms with van der Waals surface area (Å²) in [5.74, 6) is 3.18. The predicted molar refractivity (Wildman–Crippen MR) is 242 cm³/mol. The van der Waals surface area contributed by atoms with Gasteiger partial charge in [-0.25, -0.2) is 15.0 Å². The zero-order valence-electron chi connectivity index (χ0n) is 32.9. The Balaban J connectivity index is 0.936. The standard InChI is InChI=1S/C56H43N3/c1-4-15-37(16-5-1)46-32-31-38-27-28-41(34-51(38)48-24-11-10-23-47(46)48)42-29-30-44-36-53(50-26-13-12-25-49(50)52(44)35-42)43-21-14-22-45(33-43)56-58-54(39-17-6-2-7-18-39)57-55(59-56)40-19-8-3-9-20-40/h1-26,28-30,33-35,38,46,53H,27,31-32,36H2. The Morgan fingerprint density at radius 2 is 0.983 bits per heavy atom. The van der Waals surface area contributed by atoms with Crippen LogP contribution in [0.25, 0.3) is 56.4 Å². The lowest BCUT2D eigenvalue weighted by Crippen LogP contribution is -2.13. The van der Waals surface area contributed by atoms with E-state index in [1.54, 1.807) is 0 Å². The molecule has 0 saturated heterocycles. The van der Waals surface area contributed by atoms with Crippen LogP contribution < -0.4 is 0 Å². The minimum atomic E-state index is 0.199. The molecule has 3 nitrogen and oxygen atoms in total. The van der Waals surface area contributed by atoms with Crippen molar-refractivity contribution in [3.63, 3.8) is 0 Å². The summed E-state index contributed by atoms with van der Waals surface area (Å²) in [4.78, 5) is 15.0. The van der Waals surface area contributed by atoms with Gasteiger partial charge in [0.25, 0.3) is 0 Å². The van der Waals surface area contributed by atoms with E-state index in [2.05, 4.69) is 158 Å². The second-order valence-electron chi connectivity index (χ2n) is 16.2. The van der Waals surface area contributed by atoms with Crippen LogP contribution >= 0.6 is 0 Å². The topological polar surface area (TPSA) is 38.7 Å². The maximum atomic E-state index is 5.05. The van der Waals surface area contributed by atoms with Crippen LogP contribution in [-0.4, -0.2) is 15.0 Å². The van der Waals surface area contributed by atoms with E-state index in [-0.39, 0.29) is 5.92 Å². The van der Waals surface area contributed by atoms with E-state index in [4.69, 9.17) is 15.0 Å². The molecule has 7 aromatic carbocycles. The summed E-state index contributed by atoms with van der Waals surface area (Å²) >= 11 is 0. The van der Waals surface area contributed by atoms with Crippen molar-refractivity contribution < 1.29 is 0 Å². The molecule has 1 heterocycles. The first-order chi connectivity index (χ1) is 29.2. The maximum Gasteiger partial charge on any atom is 0.164 e. The van der Waals surface area contributed by atoms with Gasteiger partial charge in [0.1, 0.15) is 0 Å². The lowest BCUT2D eigenvalue weighted by atomic mass is 9.74. The lowest BCUT2D eigenvalue weighted by molar-refractivity contribution is 0.563. The number of aromatic nitrogens is 3. The van der Waals surface area contributed by atoms with Gasteiger partial charge in [-0.3, -0.25) is 0 Å². The summed E-state index contributed by atoms with van der Waals surface area (Å²) in [5, 5.41) is 0. The van der Waals surface area contributed by atoms with Gasteiger partial charge in [0.05, 0.1) is 0 Å². The molecular formula is C56H43N3. The van der Waals surface area contributed by atoms with Crippen LogP contribution in [0.2, 0.25) is 0 Å². The van der Waals surface area contributed by atoms with Gasteiger partial charge in [0.15, 0.2) is 17.5 Å². The van der Waals surface area contributed by atoms with Crippen molar-refractivity contribution in [3.8, 4) is 45.3 Å². The minimum Gasteiger partial charge on any atom is -0.208 e. The van der Waals surface area contributed by atoms with E-state index in [1.807, 2.05) is 36.4 Å². The molecule has 0 radical (unpaired) electrons. The highest BCUT2D eigenvalue weighted by molar-refractivity contribution is 5.90. The third kappa shape index (κ3) is 6.63. The Bertz CT molecular complexity index is 2830. The predicted octanol–water partition coefficient (Wildman–Crippen LogP) is 13.6. The van der Waals surface area contributed by atoms with Crippen molar-refractivity contribution in [1.82, 2.24) is 15.0 Å². The second-order valence-corrected chi connectivity index (χ2v) is 16.2. The fourth-order valence-electron chi connectivity index (χ4n) is 9.82. The highest BCUT2D eigenvalue weighted by Gasteiger charge is 2.31. The smallest absolute Gasteiger partial charge is 0.164 e. The zero-order valence-corrected chi connectivity index (χ0v) is 32.9. The van der Waals surface area contributed by atoms with E-state index in [1.165, 1.54) is 74.1 Å². The summed E-state index contributed by atoms with van der Waals surface area (Å²) in [6.07, 6.45) is 9.37. The summed E-state index contributed by atoms with van der Waals surface area (Å²) in [7, 11) is 0. The molecule has 3 atom stereocenters. The Labute approximate surface area is 346 Å². The number of rotatable bonds is 6. The number of hydrogen-bond acceptors (Lipinski definition) is 3. The van der Waals surface area contributed by atoms with E-state index >= 15 is 0 Å². The van der Waals surface area contributed by atoms with Gasteiger partial charge >= 0.3 is 0 Å². The number of nitrogens with zero attached hydrogens (tertiary/aromatic N) is 3. The Hall–Kier alpha value is -6.97. The first-order valence-electron chi connectivity index (χ1n) is 21.0. The van der Waals surface area contributed by atoms with Crippen LogP contribution in [0.1, 0.15) is 70.0 Å². The fraction of sp³-hybridized carbons (Fsp3) is 0.125. The largest absolute Gasteiger partial charge is 0.208 e. The molecule has 3 heteroatoms. The molecule has 11 rings (SSSR count). The first-order valence-corrected chi connectivity index (χ1v) is 21.0.